The Labute approximate surface area is 97.1 Å². The zero-order valence-electron chi connectivity index (χ0n) is 9.17. The lowest BCUT2D eigenvalue weighted by Gasteiger charge is -2.02. The smallest absolute Gasteiger partial charge is 0.0258 e. The molecule has 1 aromatic rings. The molecule has 0 spiro atoms. The molecule has 0 radical (unpaired) electrons. The maximum atomic E-state index is 5.61. The fourth-order valence-electron chi connectivity index (χ4n) is 1.36. The number of alkyl halides is 1. The van der Waals surface area contributed by atoms with Crippen LogP contribution in [0.2, 0.25) is 0 Å². The summed E-state index contributed by atoms with van der Waals surface area (Å²) in [7, 11) is 0. The van der Waals surface area contributed by atoms with E-state index in [-0.39, 0.29) is 0 Å². The van der Waals surface area contributed by atoms with E-state index in [0.29, 0.717) is 5.88 Å². The Morgan fingerprint density at radius 1 is 1.40 bits per heavy atom. The van der Waals surface area contributed by atoms with Crippen molar-refractivity contribution in [2.45, 2.75) is 19.9 Å². The van der Waals surface area contributed by atoms with Crippen molar-refractivity contribution in [3.05, 3.63) is 41.5 Å². The van der Waals surface area contributed by atoms with Gasteiger partial charge in [-0.1, -0.05) is 43.3 Å². The van der Waals surface area contributed by atoms with Gasteiger partial charge in [0, 0.05) is 12.4 Å². The quantitative estimate of drug-likeness (QED) is 0.729. The molecular weight excluding hydrogens is 206 g/mol. The monoisotopic (exact) mass is 223 g/mol. The molecule has 0 fully saturated rings. The number of benzene rings is 1. The molecule has 1 N–H and O–H groups in total. The molecule has 0 saturated carbocycles. The highest BCUT2D eigenvalue weighted by atomic mass is 35.5. The lowest BCUT2D eigenvalue weighted by atomic mass is 10.1. The molecule has 82 valence electrons. The Morgan fingerprint density at radius 2 is 2.27 bits per heavy atom. The van der Waals surface area contributed by atoms with Gasteiger partial charge in [-0.3, -0.25) is 0 Å². The average Bonchev–Trinajstić information content (AvgIpc) is 2.27. The van der Waals surface area contributed by atoms with Crippen LogP contribution in [-0.4, -0.2) is 12.4 Å². The highest BCUT2D eigenvalue weighted by Crippen LogP contribution is 2.07. The molecule has 0 heterocycles. The third kappa shape index (κ3) is 5.01. The van der Waals surface area contributed by atoms with Gasteiger partial charge in [0.05, 0.1) is 0 Å². The van der Waals surface area contributed by atoms with Crippen LogP contribution in [0.15, 0.2) is 30.3 Å². The van der Waals surface area contributed by atoms with Crippen molar-refractivity contribution >= 4 is 17.7 Å². The number of hydrogen-bond acceptors (Lipinski definition) is 1. The van der Waals surface area contributed by atoms with Gasteiger partial charge in [0.2, 0.25) is 0 Å². The van der Waals surface area contributed by atoms with Crippen molar-refractivity contribution in [3.8, 4) is 0 Å². The maximum Gasteiger partial charge on any atom is 0.0258 e. The van der Waals surface area contributed by atoms with Crippen LogP contribution < -0.4 is 5.32 Å². The van der Waals surface area contributed by atoms with Gasteiger partial charge >= 0.3 is 0 Å². The van der Waals surface area contributed by atoms with Gasteiger partial charge in [-0.2, -0.15) is 0 Å². The van der Waals surface area contributed by atoms with Crippen LogP contribution >= 0.6 is 11.6 Å². The molecule has 0 aromatic heterocycles. The Kier molecular flexibility index (Phi) is 6.14. The minimum Gasteiger partial charge on any atom is -0.313 e. The first-order valence-corrected chi connectivity index (χ1v) is 5.92. The van der Waals surface area contributed by atoms with Gasteiger partial charge in [-0.25, -0.2) is 0 Å². The van der Waals surface area contributed by atoms with E-state index in [1.807, 2.05) is 0 Å². The molecule has 1 aromatic carbocycles. The minimum atomic E-state index is 0.688. The van der Waals surface area contributed by atoms with Crippen molar-refractivity contribution < 1.29 is 0 Å². The first-order valence-electron chi connectivity index (χ1n) is 5.39. The molecular formula is C13H18ClN. The number of rotatable bonds is 6. The molecule has 15 heavy (non-hydrogen) atoms. The molecule has 0 bridgehead atoms. The fraction of sp³-hybridized carbons (Fsp3) is 0.385. The Hall–Kier alpha value is -0.790. The summed E-state index contributed by atoms with van der Waals surface area (Å²) >= 11 is 5.61. The molecule has 1 nitrogen and oxygen atoms in total. The van der Waals surface area contributed by atoms with Gasteiger partial charge in [0.25, 0.3) is 0 Å². The topological polar surface area (TPSA) is 12.0 Å². The van der Waals surface area contributed by atoms with E-state index in [4.69, 9.17) is 11.6 Å². The largest absolute Gasteiger partial charge is 0.313 e. The van der Waals surface area contributed by atoms with Gasteiger partial charge in [0.1, 0.15) is 0 Å². The van der Waals surface area contributed by atoms with E-state index in [0.717, 1.165) is 19.5 Å². The maximum absolute atomic E-state index is 5.61. The van der Waals surface area contributed by atoms with Crippen molar-refractivity contribution in [2.75, 3.05) is 12.4 Å². The summed E-state index contributed by atoms with van der Waals surface area (Å²) in [5.41, 5.74) is 2.57. The van der Waals surface area contributed by atoms with Crippen LogP contribution in [0.5, 0.6) is 0 Å². The van der Waals surface area contributed by atoms with Crippen molar-refractivity contribution in [3.63, 3.8) is 0 Å². The second kappa shape index (κ2) is 7.49. The van der Waals surface area contributed by atoms with Crippen LogP contribution in [0.4, 0.5) is 0 Å². The number of nitrogens with one attached hydrogen (secondary N) is 1. The van der Waals surface area contributed by atoms with Gasteiger partial charge in [-0.15, -0.1) is 11.6 Å². The minimum absolute atomic E-state index is 0.688. The molecule has 0 saturated heterocycles. The van der Waals surface area contributed by atoms with E-state index in [9.17, 15) is 0 Å². The van der Waals surface area contributed by atoms with Crippen molar-refractivity contribution in [1.29, 1.82) is 0 Å². The van der Waals surface area contributed by atoms with E-state index in [1.54, 1.807) is 0 Å². The molecule has 0 amide bonds. The van der Waals surface area contributed by atoms with Crippen LogP contribution in [-0.2, 0) is 6.54 Å². The van der Waals surface area contributed by atoms with Crippen molar-refractivity contribution in [1.82, 2.24) is 5.32 Å². The number of allylic oxidation sites excluding steroid dienone is 1. The zero-order chi connectivity index (χ0) is 10.9. The normalized spacial score (nSPS) is 11.1. The first-order chi connectivity index (χ1) is 7.36. The van der Waals surface area contributed by atoms with E-state index < -0.39 is 0 Å². The molecule has 0 unspecified atom stereocenters. The summed E-state index contributed by atoms with van der Waals surface area (Å²) in [6, 6.07) is 8.54. The fourth-order valence-corrected chi connectivity index (χ4v) is 1.48. The Balaban J connectivity index is 2.57. The van der Waals surface area contributed by atoms with Crippen LogP contribution in [0.3, 0.4) is 0 Å². The molecule has 2 heteroatoms. The van der Waals surface area contributed by atoms with E-state index >= 15 is 0 Å². The predicted octanol–water partition coefficient (Wildman–Crippen LogP) is 3.44. The van der Waals surface area contributed by atoms with Gasteiger partial charge in [0.15, 0.2) is 0 Å². The van der Waals surface area contributed by atoms with Crippen LogP contribution in [0, 0.1) is 0 Å². The summed E-state index contributed by atoms with van der Waals surface area (Å²) in [6.45, 7) is 4.06. The second-order valence-corrected chi connectivity index (χ2v) is 3.78. The highest BCUT2D eigenvalue weighted by molar-refractivity contribution is 6.17. The molecule has 0 aliphatic rings. The number of halogens is 1. The molecule has 0 aliphatic heterocycles. The molecule has 0 aliphatic carbocycles. The lowest BCUT2D eigenvalue weighted by molar-refractivity contribution is 0.727. The highest BCUT2D eigenvalue weighted by Gasteiger charge is 1.92. The van der Waals surface area contributed by atoms with E-state index in [1.165, 1.54) is 11.1 Å². The average molecular weight is 224 g/mol. The second-order valence-electron chi connectivity index (χ2n) is 3.41. The Morgan fingerprint density at radius 3 is 3.00 bits per heavy atom. The lowest BCUT2D eigenvalue weighted by Crippen LogP contribution is -2.11. The van der Waals surface area contributed by atoms with Gasteiger partial charge in [-0.05, 0) is 24.1 Å². The molecule has 1 rings (SSSR count). The Bertz CT molecular complexity index is 307. The summed E-state index contributed by atoms with van der Waals surface area (Å²) in [6.07, 6.45) is 5.16. The third-order valence-corrected chi connectivity index (χ3v) is 2.33. The summed E-state index contributed by atoms with van der Waals surface area (Å²) < 4.78 is 0. The SMILES string of the molecule is CCNCc1cccc(C=CCCCl)c1. The van der Waals surface area contributed by atoms with Crippen molar-refractivity contribution in [2.24, 2.45) is 0 Å². The van der Waals surface area contributed by atoms with Gasteiger partial charge < -0.3 is 5.32 Å². The number of hydrogen-bond donors (Lipinski definition) is 1. The predicted molar refractivity (Wildman–Crippen MR) is 68.2 cm³/mol. The van der Waals surface area contributed by atoms with E-state index in [2.05, 4.69) is 48.7 Å². The summed E-state index contributed by atoms with van der Waals surface area (Å²) in [5, 5.41) is 3.31. The van der Waals surface area contributed by atoms with Crippen LogP contribution in [0.25, 0.3) is 6.08 Å². The van der Waals surface area contributed by atoms with Crippen LogP contribution in [0.1, 0.15) is 24.5 Å². The summed E-state index contributed by atoms with van der Waals surface area (Å²) in [5.74, 6) is 0.688. The third-order valence-electron chi connectivity index (χ3n) is 2.12. The zero-order valence-corrected chi connectivity index (χ0v) is 9.93. The first kappa shape index (κ1) is 12.3. The summed E-state index contributed by atoms with van der Waals surface area (Å²) in [4.78, 5) is 0. The molecule has 0 atom stereocenters. The standard InChI is InChI=1S/C13H18ClN/c1-2-15-11-13-8-5-7-12(10-13)6-3-4-9-14/h3,5-8,10,15H,2,4,9,11H2,1H3.